The van der Waals surface area contributed by atoms with Crippen molar-refractivity contribution in [1.82, 2.24) is 15.6 Å². The molecule has 1 aliphatic carbocycles. The highest BCUT2D eigenvalue weighted by atomic mass is 16.6. The lowest BCUT2D eigenvalue weighted by Crippen LogP contribution is -2.16. The Morgan fingerprint density at radius 2 is 2.19 bits per heavy atom. The summed E-state index contributed by atoms with van der Waals surface area (Å²) in [6, 6.07) is 6.46. The van der Waals surface area contributed by atoms with Crippen LogP contribution in [-0.2, 0) is 13.2 Å². The SMILES string of the molecule is COc1ccc(OCc2nonc2C)c(CNC2CC2)c1. The van der Waals surface area contributed by atoms with E-state index in [1.165, 1.54) is 12.8 Å². The smallest absolute Gasteiger partial charge is 0.145 e. The standard InChI is InChI=1S/C15H19N3O3/c1-10-14(18-21-17-10)9-20-15-6-5-13(19-2)7-11(15)8-16-12-3-4-12/h5-7,12,16H,3-4,8-9H2,1-2H3. The van der Waals surface area contributed by atoms with Crippen molar-refractivity contribution >= 4 is 0 Å². The zero-order chi connectivity index (χ0) is 14.7. The molecular formula is C15H19N3O3. The molecule has 1 saturated carbocycles. The van der Waals surface area contributed by atoms with Crippen LogP contribution in [0, 0.1) is 6.92 Å². The fourth-order valence-corrected chi connectivity index (χ4v) is 2.03. The fourth-order valence-electron chi connectivity index (χ4n) is 2.03. The number of hydrogen-bond donors (Lipinski definition) is 1. The van der Waals surface area contributed by atoms with Crippen LogP contribution < -0.4 is 14.8 Å². The number of aromatic nitrogens is 2. The van der Waals surface area contributed by atoms with Gasteiger partial charge < -0.3 is 14.8 Å². The average Bonchev–Trinajstić information content (AvgIpc) is 3.25. The Bertz CT molecular complexity index is 608. The van der Waals surface area contributed by atoms with Gasteiger partial charge in [-0.3, -0.25) is 0 Å². The monoisotopic (exact) mass is 289 g/mol. The summed E-state index contributed by atoms with van der Waals surface area (Å²) in [4.78, 5) is 0. The molecule has 0 saturated heterocycles. The molecule has 3 rings (SSSR count). The summed E-state index contributed by atoms with van der Waals surface area (Å²) in [5.41, 5.74) is 2.54. The maximum Gasteiger partial charge on any atom is 0.145 e. The van der Waals surface area contributed by atoms with Gasteiger partial charge in [0.05, 0.1) is 7.11 Å². The summed E-state index contributed by atoms with van der Waals surface area (Å²) in [7, 11) is 1.67. The first-order chi connectivity index (χ1) is 10.3. The third-order valence-corrected chi connectivity index (χ3v) is 3.54. The molecular weight excluding hydrogens is 270 g/mol. The predicted octanol–water partition coefficient (Wildman–Crippen LogP) is 2.22. The van der Waals surface area contributed by atoms with Gasteiger partial charge in [-0.2, -0.15) is 0 Å². The molecule has 0 amide bonds. The van der Waals surface area contributed by atoms with Crippen LogP contribution >= 0.6 is 0 Å². The number of benzene rings is 1. The third-order valence-electron chi connectivity index (χ3n) is 3.54. The van der Waals surface area contributed by atoms with Crippen molar-refractivity contribution in [3.63, 3.8) is 0 Å². The number of rotatable bonds is 7. The van der Waals surface area contributed by atoms with Crippen molar-refractivity contribution in [2.45, 2.75) is 39.0 Å². The second kappa shape index (κ2) is 6.13. The number of nitrogens with zero attached hydrogens (tertiary/aromatic N) is 2. The first-order valence-electron chi connectivity index (χ1n) is 7.07. The number of nitrogens with one attached hydrogen (secondary N) is 1. The van der Waals surface area contributed by atoms with Crippen LogP contribution in [0.1, 0.15) is 29.8 Å². The highest BCUT2D eigenvalue weighted by molar-refractivity contribution is 5.40. The van der Waals surface area contributed by atoms with Crippen molar-refractivity contribution in [2.24, 2.45) is 0 Å². The van der Waals surface area contributed by atoms with Gasteiger partial charge in [0.25, 0.3) is 0 Å². The molecule has 0 spiro atoms. The molecule has 1 aromatic heterocycles. The lowest BCUT2D eigenvalue weighted by Gasteiger charge is -2.13. The summed E-state index contributed by atoms with van der Waals surface area (Å²) in [5, 5.41) is 11.1. The quantitative estimate of drug-likeness (QED) is 0.843. The lowest BCUT2D eigenvalue weighted by atomic mass is 10.2. The topological polar surface area (TPSA) is 69.4 Å². The molecule has 1 aromatic carbocycles. The second-order valence-corrected chi connectivity index (χ2v) is 5.21. The summed E-state index contributed by atoms with van der Waals surface area (Å²) in [5.74, 6) is 1.65. The van der Waals surface area contributed by atoms with Crippen LogP contribution in [0.4, 0.5) is 0 Å². The number of hydrogen-bond acceptors (Lipinski definition) is 6. The van der Waals surface area contributed by atoms with Gasteiger partial charge >= 0.3 is 0 Å². The Kier molecular flexibility index (Phi) is 4.06. The van der Waals surface area contributed by atoms with Gasteiger partial charge in [-0.25, -0.2) is 4.63 Å². The van der Waals surface area contributed by atoms with Crippen molar-refractivity contribution in [2.75, 3.05) is 7.11 Å². The Hall–Kier alpha value is -2.08. The van der Waals surface area contributed by atoms with Gasteiger partial charge in [0, 0.05) is 18.2 Å². The molecule has 1 heterocycles. The van der Waals surface area contributed by atoms with E-state index >= 15 is 0 Å². The van der Waals surface area contributed by atoms with Gasteiger partial charge in [-0.1, -0.05) is 10.3 Å². The van der Waals surface area contributed by atoms with Crippen LogP contribution in [0.2, 0.25) is 0 Å². The maximum absolute atomic E-state index is 5.86. The minimum atomic E-state index is 0.345. The van der Waals surface area contributed by atoms with Crippen LogP contribution in [0.15, 0.2) is 22.8 Å². The summed E-state index contributed by atoms with van der Waals surface area (Å²) >= 11 is 0. The third kappa shape index (κ3) is 3.52. The van der Waals surface area contributed by atoms with Crippen molar-refractivity contribution in [3.8, 4) is 11.5 Å². The highest BCUT2D eigenvalue weighted by Gasteiger charge is 2.21. The van der Waals surface area contributed by atoms with Crippen molar-refractivity contribution in [1.29, 1.82) is 0 Å². The number of methoxy groups -OCH3 is 1. The molecule has 0 bridgehead atoms. The molecule has 6 nitrogen and oxygen atoms in total. The van der Waals surface area contributed by atoms with E-state index in [0.717, 1.165) is 29.3 Å². The lowest BCUT2D eigenvalue weighted by molar-refractivity contribution is 0.268. The van der Waals surface area contributed by atoms with Crippen LogP contribution in [0.5, 0.6) is 11.5 Å². The van der Waals surface area contributed by atoms with Crippen molar-refractivity contribution in [3.05, 3.63) is 35.2 Å². The normalized spacial score (nSPS) is 14.2. The molecule has 0 aliphatic heterocycles. The van der Waals surface area contributed by atoms with Crippen LogP contribution in [-0.4, -0.2) is 23.5 Å². The van der Waals surface area contributed by atoms with E-state index < -0.39 is 0 Å². The maximum atomic E-state index is 5.86. The Morgan fingerprint density at radius 3 is 2.86 bits per heavy atom. The zero-order valence-corrected chi connectivity index (χ0v) is 12.3. The molecule has 1 N–H and O–H groups in total. The first kappa shape index (κ1) is 13.9. The summed E-state index contributed by atoms with van der Waals surface area (Å²) < 4.78 is 15.8. The Balaban J connectivity index is 1.70. The average molecular weight is 289 g/mol. The molecule has 0 radical (unpaired) electrons. The zero-order valence-electron chi connectivity index (χ0n) is 12.3. The predicted molar refractivity (Wildman–Crippen MR) is 76.2 cm³/mol. The summed E-state index contributed by atoms with van der Waals surface area (Å²) in [6.07, 6.45) is 2.51. The van der Waals surface area contributed by atoms with E-state index in [-0.39, 0.29) is 0 Å². The molecule has 6 heteroatoms. The molecule has 1 aliphatic rings. The minimum Gasteiger partial charge on any atom is -0.497 e. The Morgan fingerprint density at radius 1 is 1.33 bits per heavy atom. The largest absolute Gasteiger partial charge is 0.497 e. The van der Waals surface area contributed by atoms with Crippen LogP contribution in [0.25, 0.3) is 0 Å². The van der Waals surface area contributed by atoms with Gasteiger partial charge in [-0.15, -0.1) is 0 Å². The van der Waals surface area contributed by atoms with Gasteiger partial charge in [-0.05, 0) is 38.0 Å². The van der Waals surface area contributed by atoms with E-state index in [9.17, 15) is 0 Å². The highest BCUT2D eigenvalue weighted by Crippen LogP contribution is 2.27. The molecule has 1 fully saturated rings. The van der Waals surface area contributed by atoms with Gasteiger partial charge in [0.15, 0.2) is 0 Å². The van der Waals surface area contributed by atoms with E-state index in [0.29, 0.717) is 18.3 Å². The van der Waals surface area contributed by atoms with E-state index in [1.54, 1.807) is 7.11 Å². The molecule has 2 aromatic rings. The molecule has 112 valence electrons. The van der Waals surface area contributed by atoms with Crippen molar-refractivity contribution < 1.29 is 14.1 Å². The summed E-state index contributed by atoms with van der Waals surface area (Å²) in [6.45, 7) is 2.96. The molecule has 0 unspecified atom stereocenters. The van der Waals surface area contributed by atoms with Gasteiger partial charge in [0.1, 0.15) is 29.5 Å². The number of ether oxygens (including phenoxy) is 2. The second-order valence-electron chi connectivity index (χ2n) is 5.21. The van der Waals surface area contributed by atoms with Crippen LogP contribution in [0.3, 0.4) is 0 Å². The molecule has 0 atom stereocenters. The van der Waals surface area contributed by atoms with E-state index in [4.69, 9.17) is 9.47 Å². The minimum absolute atomic E-state index is 0.345. The molecule has 21 heavy (non-hydrogen) atoms. The Labute approximate surface area is 123 Å². The number of aryl methyl sites for hydroxylation is 1. The van der Waals surface area contributed by atoms with Gasteiger partial charge in [0.2, 0.25) is 0 Å². The first-order valence-corrected chi connectivity index (χ1v) is 7.07. The van der Waals surface area contributed by atoms with E-state index in [1.807, 2.05) is 25.1 Å². The van der Waals surface area contributed by atoms with E-state index in [2.05, 4.69) is 20.3 Å². The fraction of sp³-hybridized carbons (Fsp3) is 0.467.